The number of methoxy groups -OCH3 is 2. The van der Waals surface area contributed by atoms with E-state index in [-0.39, 0.29) is 11.4 Å². The third kappa shape index (κ3) is 3.14. The fourth-order valence-electron chi connectivity index (χ4n) is 1.83. The Labute approximate surface area is 121 Å². The minimum absolute atomic E-state index is 0.0596. The van der Waals surface area contributed by atoms with Crippen LogP contribution in [0.15, 0.2) is 36.4 Å². The van der Waals surface area contributed by atoms with E-state index in [1.807, 2.05) is 0 Å². The molecule has 0 atom stereocenters. The van der Waals surface area contributed by atoms with Gasteiger partial charge in [-0.1, -0.05) is 0 Å². The van der Waals surface area contributed by atoms with Crippen LogP contribution < -0.4 is 20.5 Å². The summed E-state index contributed by atoms with van der Waals surface area (Å²) in [7, 11) is 3.11. The number of hydrogen-bond donors (Lipinski definition) is 2. The minimum atomic E-state index is -0.494. The first-order valence-electron chi connectivity index (χ1n) is 6.08. The van der Waals surface area contributed by atoms with Crippen LogP contribution in [0.2, 0.25) is 0 Å². The first-order chi connectivity index (χ1) is 10.0. The van der Waals surface area contributed by atoms with E-state index in [0.717, 1.165) is 0 Å². The number of hydrogen-bond acceptors (Lipinski definition) is 6. The van der Waals surface area contributed by atoms with E-state index in [1.165, 1.54) is 12.1 Å². The van der Waals surface area contributed by atoms with E-state index < -0.39 is 4.92 Å². The van der Waals surface area contributed by atoms with Crippen molar-refractivity contribution in [2.45, 2.75) is 0 Å². The summed E-state index contributed by atoms with van der Waals surface area (Å²) in [6, 6.07) is 9.50. The SMILES string of the molecule is COc1ccc(OC)c(Nc2ccc([N+](=O)[O-])cc2N)c1. The molecule has 110 valence electrons. The van der Waals surface area contributed by atoms with Gasteiger partial charge >= 0.3 is 0 Å². The lowest BCUT2D eigenvalue weighted by Crippen LogP contribution is -2.00. The number of nitrogens with one attached hydrogen (secondary N) is 1. The molecule has 7 heteroatoms. The largest absolute Gasteiger partial charge is 0.497 e. The van der Waals surface area contributed by atoms with Gasteiger partial charge in [0.15, 0.2) is 0 Å². The van der Waals surface area contributed by atoms with Crippen molar-refractivity contribution in [1.82, 2.24) is 0 Å². The van der Waals surface area contributed by atoms with Gasteiger partial charge in [0, 0.05) is 18.2 Å². The van der Waals surface area contributed by atoms with Crippen molar-refractivity contribution >= 4 is 22.7 Å². The van der Waals surface area contributed by atoms with Crippen molar-refractivity contribution < 1.29 is 14.4 Å². The molecule has 0 saturated heterocycles. The molecule has 0 radical (unpaired) electrons. The van der Waals surface area contributed by atoms with Crippen LogP contribution in [0.5, 0.6) is 11.5 Å². The number of anilines is 3. The highest BCUT2D eigenvalue weighted by atomic mass is 16.6. The summed E-state index contributed by atoms with van der Waals surface area (Å²) < 4.78 is 10.4. The van der Waals surface area contributed by atoms with Crippen LogP contribution in [0.25, 0.3) is 0 Å². The lowest BCUT2D eigenvalue weighted by molar-refractivity contribution is -0.384. The van der Waals surface area contributed by atoms with Gasteiger partial charge in [-0.2, -0.15) is 0 Å². The molecule has 0 spiro atoms. The first kappa shape index (κ1) is 14.4. The van der Waals surface area contributed by atoms with Gasteiger partial charge < -0.3 is 20.5 Å². The molecule has 0 bridgehead atoms. The van der Waals surface area contributed by atoms with Gasteiger partial charge in [-0.3, -0.25) is 10.1 Å². The average Bonchev–Trinajstić information content (AvgIpc) is 2.49. The molecule has 2 aromatic carbocycles. The maximum atomic E-state index is 10.7. The molecule has 0 unspecified atom stereocenters. The summed E-state index contributed by atoms with van der Waals surface area (Å²) >= 11 is 0. The molecule has 0 aromatic heterocycles. The standard InChI is InChI=1S/C14H15N3O4/c1-20-10-4-6-14(21-2)13(8-10)16-12-5-3-9(17(18)19)7-11(12)15/h3-8,16H,15H2,1-2H3. The molecule has 0 heterocycles. The van der Waals surface area contributed by atoms with Gasteiger partial charge in [0.2, 0.25) is 0 Å². The highest BCUT2D eigenvalue weighted by Crippen LogP contribution is 2.34. The first-order valence-corrected chi connectivity index (χ1v) is 6.08. The van der Waals surface area contributed by atoms with Crippen LogP contribution in [0.3, 0.4) is 0 Å². The summed E-state index contributed by atoms with van der Waals surface area (Å²) in [5.41, 5.74) is 7.24. The third-order valence-electron chi connectivity index (χ3n) is 2.92. The van der Waals surface area contributed by atoms with Gasteiger partial charge in [-0.15, -0.1) is 0 Å². The summed E-state index contributed by atoms with van der Waals surface area (Å²) in [5, 5.41) is 13.8. The lowest BCUT2D eigenvalue weighted by Gasteiger charge is -2.14. The van der Waals surface area contributed by atoms with Crippen LogP contribution in [0, 0.1) is 10.1 Å². The Hall–Kier alpha value is -2.96. The lowest BCUT2D eigenvalue weighted by atomic mass is 10.2. The Bertz CT molecular complexity index is 673. The number of nitro benzene ring substituents is 1. The normalized spacial score (nSPS) is 10.0. The zero-order chi connectivity index (χ0) is 15.4. The topological polar surface area (TPSA) is 99.6 Å². The molecule has 0 aliphatic heterocycles. The number of nitrogens with two attached hydrogens (primary N) is 1. The van der Waals surface area contributed by atoms with E-state index >= 15 is 0 Å². The predicted octanol–water partition coefficient (Wildman–Crippen LogP) is 2.94. The number of rotatable bonds is 5. The molecule has 21 heavy (non-hydrogen) atoms. The number of nitro groups is 1. The third-order valence-corrected chi connectivity index (χ3v) is 2.92. The molecule has 0 saturated carbocycles. The zero-order valence-corrected chi connectivity index (χ0v) is 11.6. The summed E-state index contributed by atoms with van der Waals surface area (Å²) in [4.78, 5) is 10.2. The van der Waals surface area contributed by atoms with Crippen molar-refractivity contribution in [3.8, 4) is 11.5 Å². The summed E-state index contributed by atoms with van der Waals surface area (Å²) in [5.74, 6) is 1.26. The van der Waals surface area contributed by atoms with Gasteiger partial charge in [0.1, 0.15) is 11.5 Å². The molecule has 0 aliphatic rings. The summed E-state index contributed by atoms with van der Waals surface area (Å²) in [6.45, 7) is 0. The Balaban J connectivity index is 2.35. The van der Waals surface area contributed by atoms with Crippen LogP contribution in [-0.4, -0.2) is 19.1 Å². The Kier molecular flexibility index (Phi) is 4.13. The molecule has 7 nitrogen and oxygen atoms in total. The Morgan fingerprint density at radius 3 is 2.43 bits per heavy atom. The molecule has 0 amide bonds. The van der Waals surface area contributed by atoms with Crippen LogP contribution in [0.4, 0.5) is 22.7 Å². The number of nitrogens with zero attached hydrogens (tertiary/aromatic N) is 1. The second kappa shape index (κ2) is 6.00. The second-order valence-electron chi connectivity index (χ2n) is 4.22. The van der Waals surface area contributed by atoms with E-state index in [4.69, 9.17) is 15.2 Å². The van der Waals surface area contributed by atoms with E-state index in [1.54, 1.807) is 38.5 Å². The maximum Gasteiger partial charge on any atom is 0.271 e. The number of ether oxygens (including phenoxy) is 2. The van der Waals surface area contributed by atoms with Crippen LogP contribution in [0.1, 0.15) is 0 Å². The maximum absolute atomic E-state index is 10.7. The average molecular weight is 289 g/mol. The van der Waals surface area contributed by atoms with Crippen molar-refractivity contribution in [3.05, 3.63) is 46.5 Å². The second-order valence-corrected chi connectivity index (χ2v) is 4.22. The molecule has 0 aliphatic carbocycles. The molecular formula is C14H15N3O4. The van der Waals surface area contributed by atoms with Gasteiger partial charge in [0.05, 0.1) is 36.2 Å². The molecule has 3 N–H and O–H groups in total. The predicted molar refractivity (Wildman–Crippen MR) is 80.3 cm³/mol. The van der Waals surface area contributed by atoms with Gasteiger partial charge in [-0.05, 0) is 18.2 Å². The zero-order valence-electron chi connectivity index (χ0n) is 11.6. The molecule has 2 aromatic rings. The van der Waals surface area contributed by atoms with Crippen molar-refractivity contribution in [2.24, 2.45) is 0 Å². The highest BCUT2D eigenvalue weighted by molar-refractivity contribution is 5.77. The van der Waals surface area contributed by atoms with E-state index in [9.17, 15) is 10.1 Å². The van der Waals surface area contributed by atoms with Crippen molar-refractivity contribution in [2.75, 3.05) is 25.3 Å². The number of nitrogen functional groups attached to an aromatic ring is 1. The quantitative estimate of drug-likeness (QED) is 0.498. The smallest absolute Gasteiger partial charge is 0.271 e. The number of non-ortho nitro benzene ring substituents is 1. The van der Waals surface area contributed by atoms with Crippen molar-refractivity contribution in [1.29, 1.82) is 0 Å². The monoisotopic (exact) mass is 289 g/mol. The van der Waals surface area contributed by atoms with Crippen molar-refractivity contribution in [3.63, 3.8) is 0 Å². The fraction of sp³-hybridized carbons (Fsp3) is 0.143. The Morgan fingerprint density at radius 2 is 1.86 bits per heavy atom. The molecular weight excluding hydrogens is 274 g/mol. The number of benzene rings is 2. The highest BCUT2D eigenvalue weighted by Gasteiger charge is 2.11. The Morgan fingerprint density at radius 1 is 1.10 bits per heavy atom. The van der Waals surface area contributed by atoms with Crippen LogP contribution in [-0.2, 0) is 0 Å². The molecule has 2 rings (SSSR count). The van der Waals surface area contributed by atoms with Gasteiger partial charge in [-0.25, -0.2) is 0 Å². The van der Waals surface area contributed by atoms with Crippen LogP contribution >= 0.6 is 0 Å². The van der Waals surface area contributed by atoms with E-state index in [0.29, 0.717) is 22.9 Å². The van der Waals surface area contributed by atoms with Gasteiger partial charge in [0.25, 0.3) is 5.69 Å². The van der Waals surface area contributed by atoms with E-state index in [2.05, 4.69) is 5.32 Å². The minimum Gasteiger partial charge on any atom is -0.497 e. The summed E-state index contributed by atoms with van der Waals surface area (Å²) in [6.07, 6.45) is 0. The molecule has 0 fully saturated rings. The fourth-order valence-corrected chi connectivity index (χ4v) is 1.83.